The molecule has 34 heavy (non-hydrogen) atoms. The molecule has 2 heterocycles. The minimum Gasteiger partial charge on any atom is -0.478 e. The number of hydrogen-bond acceptors (Lipinski definition) is 6. The molecule has 0 spiro atoms. The first-order valence-corrected chi connectivity index (χ1v) is 10.7. The number of carboxylic acids is 1. The summed E-state index contributed by atoms with van der Waals surface area (Å²) in [6.07, 6.45) is 1.27. The van der Waals surface area contributed by atoms with Gasteiger partial charge in [-0.2, -0.15) is 0 Å². The monoisotopic (exact) mass is 477 g/mol. The fraction of sp³-hybridized carbons (Fsp3) is 0.120. The maximum absolute atomic E-state index is 12.4. The molecule has 0 unspecified atom stereocenters. The predicted molar refractivity (Wildman–Crippen MR) is 127 cm³/mol. The molecule has 4 aromatic rings. The van der Waals surface area contributed by atoms with Crippen LogP contribution in [-0.2, 0) is 11.2 Å². The van der Waals surface area contributed by atoms with Crippen molar-refractivity contribution in [2.75, 3.05) is 11.9 Å². The zero-order valence-corrected chi connectivity index (χ0v) is 18.9. The number of carbonyl (C=O) groups is 2. The van der Waals surface area contributed by atoms with E-state index in [1.54, 1.807) is 37.3 Å². The van der Waals surface area contributed by atoms with Gasteiger partial charge >= 0.3 is 12.1 Å². The summed E-state index contributed by atoms with van der Waals surface area (Å²) in [5, 5.41) is 16.5. The van der Waals surface area contributed by atoms with Crippen LogP contribution in [0, 0.1) is 6.92 Å². The summed E-state index contributed by atoms with van der Waals surface area (Å²) in [5.41, 5.74) is 3.69. The Morgan fingerprint density at radius 2 is 1.88 bits per heavy atom. The molecule has 2 N–H and O–H groups in total. The smallest absolute Gasteiger partial charge is 0.411 e. The Hall–Kier alpha value is -4.17. The van der Waals surface area contributed by atoms with Crippen LogP contribution in [0.15, 0.2) is 71.4 Å². The van der Waals surface area contributed by atoms with E-state index >= 15 is 0 Å². The second kappa shape index (κ2) is 10.2. The van der Waals surface area contributed by atoms with Gasteiger partial charge in [0.15, 0.2) is 5.76 Å². The minimum atomic E-state index is -1.04. The standard InChI is InChI=1S/C25H20ClN3O5/c1-15-22(28-25(32)33-12-10-16-5-2-3-8-20(16)26)23(34-29-15)18-7-4-6-17(13-18)21-14-19(24(30)31)9-11-27-21/h2-9,11,13-14H,10,12H2,1H3,(H,28,32)(H,30,31). The number of nitrogens with zero attached hydrogens (tertiary/aromatic N) is 2. The van der Waals surface area contributed by atoms with E-state index in [2.05, 4.69) is 15.5 Å². The van der Waals surface area contributed by atoms with Gasteiger partial charge in [0, 0.05) is 28.8 Å². The zero-order valence-electron chi connectivity index (χ0n) is 18.1. The highest BCUT2D eigenvalue weighted by Gasteiger charge is 2.19. The van der Waals surface area contributed by atoms with Crippen molar-refractivity contribution >= 4 is 29.4 Å². The first-order chi connectivity index (χ1) is 16.4. The molecule has 2 aromatic heterocycles. The number of benzene rings is 2. The van der Waals surface area contributed by atoms with Gasteiger partial charge in [-0.25, -0.2) is 9.59 Å². The third-order valence-electron chi connectivity index (χ3n) is 5.08. The highest BCUT2D eigenvalue weighted by atomic mass is 35.5. The van der Waals surface area contributed by atoms with Gasteiger partial charge in [0.25, 0.3) is 0 Å². The molecule has 172 valence electrons. The number of amides is 1. The van der Waals surface area contributed by atoms with Gasteiger partial charge in [0.05, 0.1) is 17.9 Å². The Bertz CT molecular complexity index is 1350. The number of halogens is 1. The van der Waals surface area contributed by atoms with E-state index in [4.69, 9.17) is 20.9 Å². The Balaban J connectivity index is 1.50. The first kappa shape index (κ1) is 23.0. The van der Waals surface area contributed by atoms with Crippen LogP contribution < -0.4 is 5.32 Å². The van der Waals surface area contributed by atoms with Crippen LogP contribution in [0.1, 0.15) is 21.6 Å². The highest BCUT2D eigenvalue weighted by Crippen LogP contribution is 2.33. The topological polar surface area (TPSA) is 115 Å². The Morgan fingerprint density at radius 1 is 1.09 bits per heavy atom. The quantitative estimate of drug-likeness (QED) is 0.343. The minimum absolute atomic E-state index is 0.132. The third kappa shape index (κ3) is 5.24. The average Bonchev–Trinajstić information content (AvgIpc) is 3.20. The molecule has 8 nitrogen and oxygen atoms in total. The van der Waals surface area contributed by atoms with Gasteiger partial charge in [-0.15, -0.1) is 0 Å². The number of anilines is 1. The Kier molecular flexibility index (Phi) is 6.89. The molecule has 0 radical (unpaired) electrons. The molecule has 9 heteroatoms. The largest absolute Gasteiger partial charge is 0.478 e. The predicted octanol–water partition coefficient (Wildman–Crippen LogP) is 5.85. The number of hydrogen-bond donors (Lipinski definition) is 2. The highest BCUT2D eigenvalue weighted by molar-refractivity contribution is 6.31. The molecule has 1 amide bonds. The van der Waals surface area contributed by atoms with Gasteiger partial charge in [0.1, 0.15) is 11.4 Å². The molecular weight excluding hydrogens is 458 g/mol. The van der Waals surface area contributed by atoms with Crippen molar-refractivity contribution in [3.8, 4) is 22.6 Å². The lowest BCUT2D eigenvalue weighted by molar-refractivity contribution is 0.0696. The van der Waals surface area contributed by atoms with Crippen molar-refractivity contribution < 1.29 is 24.0 Å². The second-order valence-corrected chi connectivity index (χ2v) is 7.80. The van der Waals surface area contributed by atoms with Gasteiger partial charge in [-0.05, 0) is 36.8 Å². The number of aromatic nitrogens is 2. The maximum atomic E-state index is 12.4. The second-order valence-electron chi connectivity index (χ2n) is 7.39. The van der Waals surface area contributed by atoms with Crippen molar-refractivity contribution in [1.29, 1.82) is 0 Å². The fourth-order valence-electron chi connectivity index (χ4n) is 3.35. The summed E-state index contributed by atoms with van der Waals surface area (Å²) in [6.45, 7) is 1.85. The van der Waals surface area contributed by atoms with Crippen LogP contribution in [0.2, 0.25) is 5.02 Å². The van der Waals surface area contributed by atoms with Gasteiger partial charge < -0.3 is 14.4 Å². The van der Waals surface area contributed by atoms with E-state index in [-0.39, 0.29) is 12.2 Å². The van der Waals surface area contributed by atoms with E-state index in [1.807, 2.05) is 18.2 Å². The maximum Gasteiger partial charge on any atom is 0.411 e. The lowest BCUT2D eigenvalue weighted by Crippen LogP contribution is -2.16. The van der Waals surface area contributed by atoms with Crippen LogP contribution in [-0.4, -0.2) is 33.9 Å². The molecule has 0 aliphatic heterocycles. The van der Waals surface area contributed by atoms with Crippen LogP contribution >= 0.6 is 11.6 Å². The summed E-state index contributed by atoms with van der Waals surface area (Å²) in [6, 6.07) is 17.4. The molecule has 0 atom stereocenters. The summed E-state index contributed by atoms with van der Waals surface area (Å²) in [4.78, 5) is 28.0. The van der Waals surface area contributed by atoms with Gasteiger partial charge in [0.2, 0.25) is 0 Å². The third-order valence-corrected chi connectivity index (χ3v) is 5.45. The molecule has 0 aliphatic rings. The van der Waals surface area contributed by atoms with E-state index in [1.165, 1.54) is 18.3 Å². The van der Waals surface area contributed by atoms with Crippen LogP contribution in [0.3, 0.4) is 0 Å². The fourth-order valence-corrected chi connectivity index (χ4v) is 3.58. The van der Waals surface area contributed by atoms with E-state index in [0.29, 0.717) is 45.4 Å². The van der Waals surface area contributed by atoms with E-state index in [9.17, 15) is 14.7 Å². The number of ether oxygens (including phenoxy) is 1. The molecule has 4 rings (SSSR count). The number of carbonyl (C=O) groups excluding carboxylic acids is 1. The summed E-state index contributed by atoms with van der Waals surface area (Å²) in [5.74, 6) is -0.693. The lowest BCUT2D eigenvalue weighted by Gasteiger charge is -2.09. The normalized spacial score (nSPS) is 10.6. The van der Waals surface area contributed by atoms with Crippen molar-refractivity contribution in [3.63, 3.8) is 0 Å². The summed E-state index contributed by atoms with van der Waals surface area (Å²) >= 11 is 6.13. The molecule has 0 saturated heterocycles. The molecule has 2 aromatic carbocycles. The molecule has 0 aliphatic carbocycles. The average molecular weight is 478 g/mol. The SMILES string of the molecule is Cc1noc(-c2cccc(-c3cc(C(=O)O)ccn3)c2)c1NC(=O)OCCc1ccccc1Cl. The van der Waals surface area contributed by atoms with Crippen molar-refractivity contribution in [2.24, 2.45) is 0 Å². The molecule has 0 bridgehead atoms. The number of nitrogens with one attached hydrogen (secondary N) is 1. The number of aromatic carboxylic acids is 1. The van der Waals surface area contributed by atoms with Gasteiger partial charge in [-0.3, -0.25) is 10.3 Å². The van der Waals surface area contributed by atoms with E-state index < -0.39 is 12.1 Å². The van der Waals surface area contributed by atoms with E-state index in [0.717, 1.165) is 5.56 Å². The number of aryl methyl sites for hydroxylation is 1. The Morgan fingerprint density at radius 3 is 2.68 bits per heavy atom. The summed E-state index contributed by atoms with van der Waals surface area (Å²) in [7, 11) is 0. The zero-order chi connectivity index (χ0) is 24.1. The first-order valence-electron chi connectivity index (χ1n) is 10.4. The Labute approximate surface area is 200 Å². The number of rotatable bonds is 7. The van der Waals surface area contributed by atoms with Crippen molar-refractivity contribution in [2.45, 2.75) is 13.3 Å². The number of carboxylic acid groups (broad SMARTS) is 1. The number of pyridine rings is 1. The van der Waals surface area contributed by atoms with Crippen molar-refractivity contribution in [3.05, 3.63) is 88.7 Å². The summed E-state index contributed by atoms with van der Waals surface area (Å²) < 4.78 is 10.8. The van der Waals surface area contributed by atoms with Crippen molar-refractivity contribution in [1.82, 2.24) is 10.1 Å². The van der Waals surface area contributed by atoms with Gasteiger partial charge in [-0.1, -0.05) is 53.2 Å². The molecule has 0 fully saturated rings. The molecule has 0 saturated carbocycles. The van der Waals surface area contributed by atoms with Crippen LogP contribution in [0.4, 0.5) is 10.5 Å². The lowest BCUT2D eigenvalue weighted by atomic mass is 10.0. The van der Waals surface area contributed by atoms with Crippen LogP contribution in [0.5, 0.6) is 0 Å². The van der Waals surface area contributed by atoms with Crippen LogP contribution in [0.25, 0.3) is 22.6 Å². The molecular formula is C25H20ClN3O5.